The molecule has 126 valence electrons. The minimum absolute atomic E-state index is 0.0237. The van der Waals surface area contributed by atoms with Crippen molar-refractivity contribution in [3.8, 4) is 0 Å². The summed E-state index contributed by atoms with van der Waals surface area (Å²) in [4.78, 5) is 29.3. The van der Waals surface area contributed by atoms with Crippen molar-refractivity contribution in [1.82, 2.24) is 9.55 Å². The number of rotatable bonds is 4. The zero-order valence-corrected chi connectivity index (χ0v) is 13.0. The predicted molar refractivity (Wildman–Crippen MR) is 84.9 cm³/mol. The van der Waals surface area contributed by atoms with Crippen LogP contribution in [0.25, 0.3) is 0 Å². The number of aromatic nitrogens is 2. The average molecular weight is 334 g/mol. The molecule has 1 atom stereocenters. The molecule has 0 saturated carbocycles. The first-order chi connectivity index (χ1) is 11.5. The highest BCUT2D eigenvalue weighted by Crippen LogP contribution is 2.28. The van der Waals surface area contributed by atoms with Gasteiger partial charge in [-0.1, -0.05) is 6.07 Å². The van der Waals surface area contributed by atoms with Crippen molar-refractivity contribution in [3.63, 3.8) is 0 Å². The summed E-state index contributed by atoms with van der Waals surface area (Å²) >= 11 is 0. The van der Waals surface area contributed by atoms with E-state index in [1.54, 1.807) is 6.20 Å². The average Bonchev–Trinajstić information content (AvgIpc) is 2.90. The molecule has 3 rings (SSSR count). The van der Waals surface area contributed by atoms with E-state index in [4.69, 9.17) is 0 Å². The Bertz CT molecular complexity index is 817. The van der Waals surface area contributed by atoms with Gasteiger partial charge in [-0.05, 0) is 19.1 Å². The lowest BCUT2D eigenvalue weighted by atomic mass is 10.2. The third-order valence-corrected chi connectivity index (χ3v) is 3.93. The molecule has 6 nitrogen and oxygen atoms in total. The Morgan fingerprint density at radius 2 is 2.00 bits per heavy atom. The molecule has 1 amide bonds. The fraction of sp³-hybridized carbons (Fsp3) is 0.312. The standard InChI is InChI=1S/C16H16F2N4O2/c1-2-21-7-6-19-15(16(21)24)20-10-8-13(23)22(9-10)14-11(17)4-3-5-12(14)18/h3-7,10H,2,8-9H2,1H3,(H,19,20). The van der Waals surface area contributed by atoms with Crippen LogP contribution in [0.15, 0.2) is 35.4 Å². The summed E-state index contributed by atoms with van der Waals surface area (Å²) in [5, 5.41) is 2.90. The van der Waals surface area contributed by atoms with Crippen LogP contribution >= 0.6 is 0 Å². The maximum absolute atomic E-state index is 13.9. The van der Waals surface area contributed by atoms with Crippen molar-refractivity contribution in [1.29, 1.82) is 0 Å². The van der Waals surface area contributed by atoms with Crippen LogP contribution in [0.2, 0.25) is 0 Å². The molecular weight excluding hydrogens is 318 g/mol. The van der Waals surface area contributed by atoms with Crippen molar-refractivity contribution in [2.45, 2.75) is 25.9 Å². The smallest absolute Gasteiger partial charge is 0.293 e. The molecule has 0 radical (unpaired) electrons. The van der Waals surface area contributed by atoms with Crippen molar-refractivity contribution < 1.29 is 13.6 Å². The van der Waals surface area contributed by atoms with E-state index >= 15 is 0 Å². The Morgan fingerprint density at radius 1 is 1.29 bits per heavy atom. The van der Waals surface area contributed by atoms with Gasteiger partial charge in [0.2, 0.25) is 5.91 Å². The molecule has 2 aromatic rings. The molecule has 0 aliphatic carbocycles. The lowest BCUT2D eigenvalue weighted by Crippen LogP contribution is -2.32. The maximum atomic E-state index is 13.9. The van der Waals surface area contributed by atoms with Crippen molar-refractivity contribution in [3.05, 3.63) is 52.6 Å². The first-order valence-corrected chi connectivity index (χ1v) is 7.57. The van der Waals surface area contributed by atoms with Gasteiger partial charge in [-0.25, -0.2) is 13.8 Å². The van der Waals surface area contributed by atoms with Crippen LogP contribution in [-0.2, 0) is 11.3 Å². The fourth-order valence-corrected chi connectivity index (χ4v) is 2.76. The van der Waals surface area contributed by atoms with Crippen LogP contribution in [0, 0.1) is 11.6 Å². The topological polar surface area (TPSA) is 67.2 Å². The summed E-state index contributed by atoms with van der Waals surface area (Å²) in [6, 6.07) is 2.99. The third kappa shape index (κ3) is 2.86. The number of para-hydroxylation sites is 1. The third-order valence-electron chi connectivity index (χ3n) is 3.93. The second kappa shape index (κ2) is 6.38. The molecule has 1 aromatic heterocycles. The van der Waals surface area contributed by atoms with Gasteiger partial charge in [-0.2, -0.15) is 0 Å². The van der Waals surface area contributed by atoms with Gasteiger partial charge in [0, 0.05) is 31.9 Å². The minimum atomic E-state index is -0.796. The number of benzene rings is 1. The van der Waals surface area contributed by atoms with Crippen LogP contribution in [0.3, 0.4) is 0 Å². The number of carbonyl (C=O) groups excluding carboxylic acids is 1. The van der Waals surface area contributed by atoms with Crippen LogP contribution in [0.1, 0.15) is 13.3 Å². The van der Waals surface area contributed by atoms with E-state index in [-0.39, 0.29) is 30.0 Å². The highest BCUT2D eigenvalue weighted by molar-refractivity contribution is 5.96. The number of anilines is 2. The van der Waals surface area contributed by atoms with Gasteiger partial charge >= 0.3 is 0 Å². The second-order valence-electron chi connectivity index (χ2n) is 5.49. The van der Waals surface area contributed by atoms with Gasteiger partial charge in [0.25, 0.3) is 5.56 Å². The second-order valence-corrected chi connectivity index (χ2v) is 5.49. The van der Waals surface area contributed by atoms with Gasteiger partial charge in [0.05, 0.1) is 6.04 Å². The van der Waals surface area contributed by atoms with Crippen molar-refractivity contribution >= 4 is 17.4 Å². The summed E-state index contributed by atoms with van der Waals surface area (Å²) in [5.41, 5.74) is -0.665. The van der Waals surface area contributed by atoms with E-state index in [2.05, 4.69) is 10.3 Å². The molecule has 24 heavy (non-hydrogen) atoms. The van der Waals surface area contributed by atoms with Gasteiger partial charge in [-0.3, -0.25) is 9.59 Å². The molecule has 8 heteroatoms. The molecule has 0 spiro atoms. The number of nitrogens with one attached hydrogen (secondary N) is 1. The molecule has 1 aliphatic heterocycles. The van der Waals surface area contributed by atoms with Crippen molar-refractivity contribution in [2.75, 3.05) is 16.8 Å². The Balaban J connectivity index is 1.82. The van der Waals surface area contributed by atoms with Crippen LogP contribution in [-0.4, -0.2) is 28.0 Å². The molecule has 0 bridgehead atoms. The number of carbonyl (C=O) groups is 1. The summed E-state index contributed by atoms with van der Waals surface area (Å²) in [6.45, 7) is 2.37. The monoisotopic (exact) mass is 334 g/mol. The summed E-state index contributed by atoms with van der Waals surface area (Å²) in [5.74, 6) is -1.89. The van der Waals surface area contributed by atoms with E-state index in [1.165, 1.54) is 16.8 Å². The molecule has 1 aliphatic rings. The Morgan fingerprint density at radius 3 is 2.67 bits per heavy atom. The lowest BCUT2D eigenvalue weighted by molar-refractivity contribution is -0.117. The Labute approximate surface area is 136 Å². The Hall–Kier alpha value is -2.77. The molecule has 1 aromatic carbocycles. The first-order valence-electron chi connectivity index (χ1n) is 7.57. The quantitative estimate of drug-likeness (QED) is 0.925. The zero-order chi connectivity index (χ0) is 17.3. The summed E-state index contributed by atoms with van der Waals surface area (Å²) in [6.07, 6.45) is 3.07. The van der Waals surface area contributed by atoms with E-state index in [0.717, 1.165) is 17.0 Å². The number of aryl methyl sites for hydroxylation is 1. The first kappa shape index (κ1) is 16.1. The van der Waals surface area contributed by atoms with Gasteiger partial charge in [0.1, 0.15) is 17.3 Å². The predicted octanol–water partition coefficient (Wildman–Crippen LogP) is 1.76. The highest BCUT2D eigenvalue weighted by Gasteiger charge is 2.34. The van der Waals surface area contributed by atoms with E-state index in [9.17, 15) is 18.4 Å². The van der Waals surface area contributed by atoms with Gasteiger partial charge < -0.3 is 14.8 Å². The largest absolute Gasteiger partial charge is 0.360 e. The molecule has 1 fully saturated rings. The SMILES string of the molecule is CCn1ccnc(NC2CC(=O)N(c3c(F)cccc3F)C2)c1=O. The molecular formula is C16H16F2N4O2. The molecule has 2 heterocycles. The zero-order valence-electron chi connectivity index (χ0n) is 13.0. The number of halogens is 2. The summed E-state index contributed by atoms with van der Waals surface area (Å²) in [7, 11) is 0. The highest BCUT2D eigenvalue weighted by atomic mass is 19.1. The van der Waals surface area contributed by atoms with E-state index < -0.39 is 23.6 Å². The molecule has 1 saturated heterocycles. The van der Waals surface area contributed by atoms with Crippen LogP contribution < -0.4 is 15.8 Å². The van der Waals surface area contributed by atoms with E-state index in [1.807, 2.05) is 6.92 Å². The number of hydrogen-bond donors (Lipinski definition) is 1. The fourth-order valence-electron chi connectivity index (χ4n) is 2.76. The summed E-state index contributed by atoms with van der Waals surface area (Å²) < 4.78 is 29.2. The van der Waals surface area contributed by atoms with Gasteiger partial charge in [0.15, 0.2) is 5.82 Å². The normalized spacial score (nSPS) is 17.4. The number of amides is 1. The number of hydrogen-bond acceptors (Lipinski definition) is 4. The van der Waals surface area contributed by atoms with Crippen LogP contribution in [0.4, 0.5) is 20.3 Å². The van der Waals surface area contributed by atoms with Gasteiger partial charge in [-0.15, -0.1) is 0 Å². The van der Waals surface area contributed by atoms with Crippen LogP contribution in [0.5, 0.6) is 0 Å². The molecule has 1 unspecified atom stereocenters. The van der Waals surface area contributed by atoms with Crippen molar-refractivity contribution in [2.24, 2.45) is 0 Å². The Kier molecular flexibility index (Phi) is 4.28. The maximum Gasteiger partial charge on any atom is 0.293 e. The van der Waals surface area contributed by atoms with E-state index in [0.29, 0.717) is 6.54 Å². The minimum Gasteiger partial charge on any atom is -0.360 e. The number of nitrogens with zero attached hydrogens (tertiary/aromatic N) is 3. The molecule has 1 N–H and O–H groups in total. The lowest BCUT2D eigenvalue weighted by Gasteiger charge is -2.18.